The van der Waals surface area contributed by atoms with Crippen molar-refractivity contribution >= 4 is 12.0 Å². The van der Waals surface area contributed by atoms with Gasteiger partial charge in [0.15, 0.2) is 11.6 Å². The zero-order valence-corrected chi connectivity index (χ0v) is 12.0. The lowest BCUT2D eigenvalue weighted by molar-refractivity contribution is -0.116. The topological polar surface area (TPSA) is 51.5 Å². The summed E-state index contributed by atoms with van der Waals surface area (Å²) < 4.78 is 36.0. The van der Waals surface area contributed by atoms with Gasteiger partial charge in [0.05, 0.1) is 12.8 Å². The number of carbonyl (C=O) groups excluding carboxylic acids is 1. The number of hydrogen-bond donors (Lipinski definition) is 1. The fourth-order valence-electron chi connectivity index (χ4n) is 1.55. The molecular formula is C17H13F2NO3. The Kier molecular flexibility index (Phi) is 5.95. The smallest absolute Gasteiger partial charge is 0.244 e. The van der Waals surface area contributed by atoms with Crippen molar-refractivity contribution in [3.05, 3.63) is 60.1 Å². The van der Waals surface area contributed by atoms with Gasteiger partial charge in [0.1, 0.15) is 18.2 Å². The first kappa shape index (κ1) is 16.3. The van der Waals surface area contributed by atoms with E-state index in [1.165, 1.54) is 24.5 Å². The van der Waals surface area contributed by atoms with Crippen LogP contribution < -0.4 is 10.1 Å². The van der Waals surface area contributed by atoms with Gasteiger partial charge in [0.25, 0.3) is 0 Å². The van der Waals surface area contributed by atoms with E-state index >= 15 is 0 Å². The Morgan fingerprint density at radius 3 is 2.91 bits per heavy atom. The summed E-state index contributed by atoms with van der Waals surface area (Å²) in [5, 5.41) is 2.54. The van der Waals surface area contributed by atoms with Gasteiger partial charge in [-0.1, -0.05) is 11.8 Å². The molecule has 1 amide bonds. The van der Waals surface area contributed by atoms with Crippen molar-refractivity contribution in [2.24, 2.45) is 0 Å². The lowest BCUT2D eigenvalue weighted by Crippen LogP contribution is -2.21. The molecule has 1 heterocycles. The van der Waals surface area contributed by atoms with Gasteiger partial charge in [-0.05, 0) is 30.3 Å². The maximum atomic E-state index is 13.2. The first-order valence-corrected chi connectivity index (χ1v) is 6.68. The molecule has 0 radical (unpaired) electrons. The minimum absolute atomic E-state index is 0.0688. The summed E-state index contributed by atoms with van der Waals surface area (Å²) in [6.45, 7) is 0.0528. The number of benzene rings is 1. The third-order valence-electron chi connectivity index (χ3n) is 2.61. The summed E-state index contributed by atoms with van der Waals surface area (Å²) in [5.41, 5.74) is 0. The number of furan rings is 1. The van der Waals surface area contributed by atoms with Gasteiger partial charge in [-0.25, -0.2) is 8.78 Å². The van der Waals surface area contributed by atoms with Crippen molar-refractivity contribution in [1.29, 1.82) is 0 Å². The summed E-state index contributed by atoms with van der Waals surface area (Å²) >= 11 is 0. The Balaban J connectivity index is 1.68. The first-order chi connectivity index (χ1) is 11.1. The average molecular weight is 317 g/mol. The Morgan fingerprint density at radius 1 is 1.30 bits per heavy atom. The monoisotopic (exact) mass is 317 g/mol. The summed E-state index contributed by atoms with van der Waals surface area (Å²) in [7, 11) is 0. The Morgan fingerprint density at radius 2 is 2.17 bits per heavy atom. The van der Waals surface area contributed by atoms with Gasteiger partial charge in [-0.15, -0.1) is 0 Å². The number of carbonyl (C=O) groups is 1. The van der Waals surface area contributed by atoms with Crippen LogP contribution in [0.3, 0.4) is 0 Å². The molecule has 2 aromatic rings. The van der Waals surface area contributed by atoms with Crippen molar-refractivity contribution < 1.29 is 22.7 Å². The lowest BCUT2D eigenvalue weighted by Gasteiger charge is -2.02. The largest absolute Gasteiger partial charge is 0.478 e. The van der Waals surface area contributed by atoms with Gasteiger partial charge in [0, 0.05) is 12.1 Å². The molecule has 118 valence electrons. The molecule has 1 aromatic heterocycles. The van der Waals surface area contributed by atoms with E-state index in [1.807, 2.05) is 0 Å². The van der Waals surface area contributed by atoms with E-state index in [0.29, 0.717) is 5.76 Å². The molecule has 1 aromatic carbocycles. The van der Waals surface area contributed by atoms with Crippen LogP contribution in [0.5, 0.6) is 5.75 Å². The van der Waals surface area contributed by atoms with Crippen LogP contribution >= 0.6 is 0 Å². The van der Waals surface area contributed by atoms with Crippen molar-refractivity contribution in [2.45, 2.75) is 0 Å². The van der Waals surface area contributed by atoms with Crippen LogP contribution in [0.1, 0.15) is 5.76 Å². The summed E-state index contributed by atoms with van der Waals surface area (Å²) in [5.74, 6) is 3.97. The normalized spacial score (nSPS) is 10.2. The molecule has 6 heteroatoms. The highest BCUT2D eigenvalue weighted by molar-refractivity contribution is 5.91. The molecule has 0 aliphatic carbocycles. The van der Waals surface area contributed by atoms with Crippen LogP contribution in [0.15, 0.2) is 47.1 Å². The molecule has 0 fully saturated rings. The summed E-state index contributed by atoms with van der Waals surface area (Å²) in [6, 6.07) is 6.45. The fraction of sp³-hybridized carbons (Fsp3) is 0.118. The molecule has 0 saturated carbocycles. The van der Waals surface area contributed by atoms with E-state index in [0.717, 1.165) is 12.1 Å². The molecule has 0 aliphatic rings. The van der Waals surface area contributed by atoms with Gasteiger partial charge in [-0.2, -0.15) is 0 Å². The highest BCUT2D eigenvalue weighted by Crippen LogP contribution is 2.17. The molecule has 0 atom stereocenters. The predicted octanol–water partition coefficient (Wildman–Crippen LogP) is 2.77. The van der Waals surface area contributed by atoms with E-state index in [-0.39, 0.29) is 24.8 Å². The van der Waals surface area contributed by atoms with Crippen LogP contribution in [-0.2, 0) is 4.79 Å². The fourth-order valence-corrected chi connectivity index (χ4v) is 1.55. The second kappa shape index (κ2) is 8.39. The zero-order chi connectivity index (χ0) is 16.5. The van der Waals surface area contributed by atoms with Gasteiger partial charge >= 0.3 is 0 Å². The second-order valence-electron chi connectivity index (χ2n) is 4.28. The van der Waals surface area contributed by atoms with E-state index in [4.69, 9.17) is 9.15 Å². The van der Waals surface area contributed by atoms with Gasteiger partial charge in [-0.3, -0.25) is 4.79 Å². The molecule has 23 heavy (non-hydrogen) atoms. The number of nitrogens with one attached hydrogen (secondary N) is 1. The number of amides is 1. The first-order valence-electron chi connectivity index (χ1n) is 6.68. The Labute approximate surface area is 131 Å². The summed E-state index contributed by atoms with van der Waals surface area (Å²) in [4.78, 5) is 11.4. The minimum atomic E-state index is -0.789. The molecular weight excluding hydrogens is 304 g/mol. The highest BCUT2D eigenvalue weighted by atomic mass is 19.1. The standard InChI is InChI=1S/C17H13F2NO3/c18-13-5-7-16(15(19)12-13)23-10-2-1-9-20-17(21)8-6-14-4-3-11-22-14/h3-8,11-12H,9-10H2,(H,20,21)/b8-6+. The third kappa shape index (κ3) is 5.67. The van der Waals surface area contributed by atoms with Gasteiger partial charge in [0.2, 0.25) is 5.91 Å². The maximum Gasteiger partial charge on any atom is 0.244 e. The maximum absolute atomic E-state index is 13.2. The molecule has 4 nitrogen and oxygen atoms in total. The van der Waals surface area contributed by atoms with Crippen molar-refractivity contribution in [3.63, 3.8) is 0 Å². The summed E-state index contributed by atoms with van der Waals surface area (Å²) in [6.07, 6.45) is 4.36. The number of hydrogen-bond acceptors (Lipinski definition) is 3. The number of rotatable bonds is 5. The van der Waals surface area contributed by atoms with Crippen molar-refractivity contribution in [3.8, 4) is 17.6 Å². The lowest BCUT2D eigenvalue weighted by atomic mass is 10.3. The number of halogens is 2. The second-order valence-corrected chi connectivity index (χ2v) is 4.28. The van der Waals surface area contributed by atoms with Crippen LogP contribution in [-0.4, -0.2) is 19.1 Å². The third-order valence-corrected chi connectivity index (χ3v) is 2.61. The van der Waals surface area contributed by atoms with E-state index < -0.39 is 11.6 Å². The molecule has 0 unspecified atom stereocenters. The Bertz CT molecular complexity index is 743. The van der Waals surface area contributed by atoms with E-state index in [9.17, 15) is 13.6 Å². The number of ether oxygens (including phenoxy) is 1. The average Bonchev–Trinajstić information content (AvgIpc) is 3.04. The quantitative estimate of drug-likeness (QED) is 0.681. The zero-order valence-electron chi connectivity index (χ0n) is 12.0. The molecule has 0 bridgehead atoms. The molecule has 0 aliphatic heterocycles. The highest BCUT2D eigenvalue weighted by Gasteiger charge is 2.03. The molecule has 0 saturated heterocycles. The van der Waals surface area contributed by atoms with Crippen LogP contribution in [0, 0.1) is 23.5 Å². The minimum Gasteiger partial charge on any atom is -0.478 e. The Hall–Kier alpha value is -3.07. The van der Waals surface area contributed by atoms with Crippen LogP contribution in [0.25, 0.3) is 6.08 Å². The van der Waals surface area contributed by atoms with Crippen LogP contribution in [0.2, 0.25) is 0 Å². The van der Waals surface area contributed by atoms with E-state index in [1.54, 1.807) is 12.1 Å². The van der Waals surface area contributed by atoms with Crippen LogP contribution in [0.4, 0.5) is 8.78 Å². The predicted molar refractivity (Wildman–Crippen MR) is 80.4 cm³/mol. The van der Waals surface area contributed by atoms with Crippen molar-refractivity contribution in [1.82, 2.24) is 5.32 Å². The molecule has 0 spiro atoms. The molecule has 2 rings (SSSR count). The van der Waals surface area contributed by atoms with Gasteiger partial charge < -0.3 is 14.5 Å². The van der Waals surface area contributed by atoms with Crippen molar-refractivity contribution in [2.75, 3.05) is 13.2 Å². The SMILES string of the molecule is O=C(/C=C/c1ccco1)NCC#CCOc1ccc(F)cc1F. The molecule has 1 N–H and O–H groups in total. The van der Waals surface area contributed by atoms with E-state index in [2.05, 4.69) is 17.2 Å².